The first-order valence-corrected chi connectivity index (χ1v) is 39.3. The molecule has 24 nitrogen and oxygen atoms in total. The Morgan fingerprint density at radius 1 is 0.491 bits per heavy atom. The molecule has 2 aliphatic heterocycles. The molecule has 5 aromatic carbocycles. The highest BCUT2D eigenvalue weighted by atomic mass is 79.9. The molecule has 114 heavy (non-hydrogen) atoms. The van der Waals surface area contributed by atoms with Crippen LogP contribution in [0.5, 0.6) is 0 Å². The van der Waals surface area contributed by atoms with Crippen LogP contribution < -0.4 is 38.4 Å². The number of nitrogens with zero attached hydrogens (tertiary/aromatic N) is 13. The van der Waals surface area contributed by atoms with Crippen molar-refractivity contribution in [1.82, 2.24) is 77.7 Å². The van der Waals surface area contributed by atoms with Gasteiger partial charge >= 0.3 is 17.5 Å². The SMILES string of the molecule is O=C(NC1CCC(n2c(=O)c3cc(F)cnc3n(-c3cccc(-c4ccc(CN5CCN(C(=O)O)C(Cc6ccccc6)C5)cc4Br)c3)c2=O)CC1)c1cn2cc(F)ccc2n1.O=C(NC1CCC(n2c(=O)c3cc(F)cnc3n(-c3cccc(-c4ccc(CN5CCNCC5)cc4Br)c3)c2=O)CC1)c1cn2cc(F)ccc2n1. The standard InChI is InChI=1S/C46H41BrF2N8O5.C38H35BrF2N8O3/c47-39-20-29(24-53-17-18-55(46(61)62)36(26-53)19-28-5-2-1-3-6-28)9-15-37(39)30-7-4-8-35(21-30)56-42-38(22-32(49)23-50-42)44(59)57(45(56)60)34-13-11-33(12-14-34)51-43(58)40-27-54-25-31(48)10-16-41(54)52-40;39-32-16-23(20-46-14-12-42-13-15-46)4-10-30(32)24-2-1-3-29(17-24)48-35-31(18-26(41)19-43-35)37(51)49(38(48)52)28-8-6-27(7-9-28)44-36(50)33-22-47-21-25(40)5-11-34(47)45-33/h1-10,15-16,20-23,25,27,33-34,36H,11-14,17-19,24,26H2,(H,51,58)(H,61,62);1-5,10-11,16-19,21-22,27-28,42H,6-9,12-15,20H2,(H,44,50). The van der Waals surface area contributed by atoms with Gasteiger partial charge in [0.05, 0.1) is 40.6 Å². The zero-order valence-electron chi connectivity index (χ0n) is 61.4. The van der Waals surface area contributed by atoms with Crippen molar-refractivity contribution < 1.29 is 37.1 Å². The number of hydrogen-bond acceptors (Lipinski definition) is 14. The summed E-state index contributed by atoms with van der Waals surface area (Å²) >= 11 is 7.54. The van der Waals surface area contributed by atoms with Gasteiger partial charge in [0.2, 0.25) is 0 Å². The maximum atomic E-state index is 14.7. The number of carbonyl (C=O) groups excluding carboxylic acids is 2. The largest absolute Gasteiger partial charge is 0.465 e. The van der Waals surface area contributed by atoms with Crippen LogP contribution in [0.15, 0.2) is 217 Å². The lowest BCUT2D eigenvalue weighted by atomic mass is 9.90. The summed E-state index contributed by atoms with van der Waals surface area (Å²) in [7, 11) is 0. The summed E-state index contributed by atoms with van der Waals surface area (Å²) in [5, 5.41) is 19.2. The zero-order valence-corrected chi connectivity index (χ0v) is 64.6. The molecule has 17 rings (SSSR count). The molecule has 2 aliphatic carbocycles. The number of halogens is 6. The van der Waals surface area contributed by atoms with Crippen molar-refractivity contribution in [3.63, 3.8) is 0 Å². The maximum absolute atomic E-state index is 14.7. The molecule has 2 saturated heterocycles. The fourth-order valence-corrected chi connectivity index (χ4v) is 17.6. The van der Waals surface area contributed by atoms with E-state index in [0.29, 0.717) is 107 Å². The monoisotopic (exact) mass is 1670 g/mol. The molecule has 0 bridgehead atoms. The normalized spacial score (nSPS) is 18.3. The van der Waals surface area contributed by atoms with Gasteiger partial charge in [0.15, 0.2) is 11.3 Å². The number of rotatable bonds is 16. The number of nitrogens with one attached hydrogen (secondary N) is 3. The number of amides is 3. The van der Waals surface area contributed by atoms with Crippen LogP contribution >= 0.6 is 31.9 Å². The number of carboxylic acid groups (broad SMARTS) is 1. The number of fused-ring (bicyclic) bond motifs is 4. The highest BCUT2D eigenvalue weighted by Gasteiger charge is 2.34. The van der Waals surface area contributed by atoms with Crippen molar-refractivity contribution in [3.8, 4) is 33.6 Å². The maximum Gasteiger partial charge on any atom is 0.407 e. The van der Waals surface area contributed by atoms with Crippen molar-refractivity contribution in [3.05, 3.63) is 291 Å². The van der Waals surface area contributed by atoms with Gasteiger partial charge in [-0.1, -0.05) is 111 Å². The van der Waals surface area contributed by atoms with Gasteiger partial charge in [0.25, 0.3) is 22.9 Å². The number of hydrogen-bond donors (Lipinski definition) is 4. The quantitative estimate of drug-likeness (QED) is 0.0655. The summed E-state index contributed by atoms with van der Waals surface area (Å²) in [6, 6.07) is 43.1. The number of imidazole rings is 2. The van der Waals surface area contributed by atoms with E-state index in [4.69, 9.17) is 0 Å². The third-order valence-corrected chi connectivity index (χ3v) is 23.2. The highest BCUT2D eigenvalue weighted by Crippen LogP contribution is 2.36. The van der Waals surface area contributed by atoms with Gasteiger partial charge in [-0.25, -0.2) is 61.0 Å². The van der Waals surface area contributed by atoms with Gasteiger partial charge in [0, 0.05) is 117 Å². The smallest absolute Gasteiger partial charge is 0.407 e. The number of benzene rings is 5. The fraction of sp³-hybridized carbons (Fsp3) is 0.274. The molecule has 0 spiro atoms. The molecular formula is C84H76Br2F4N16O8. The molecule has 582 valence electrons. The average molecular weight is 1670 g/mol. The fourth-order valence-electron chi connectivity index (χ4n) is 16.3. The van der Waals surface area contributed by atoms with Crippen molar-refractivity contribution in [2.24, 2.45) is 0 Å². The van der Waals surface area contributed by atoms with E-state index in [1.54, 1.807) is 12.1 Å². The molecule has 1 atom stereocenters. The van der Waals surface area contributed by atoms with Crippen LogP contribution in [0.2, 0.25) is 0 Å². The van der Waals surface area contributed by atoms with Crippen LogP contribution in [-0.2, 0) is 19.5 Å². The Kier molecular flexibility index (Phi) is 22.0. The summed E-state index contributed by atoms with van der Waals surface area (Å²) < 4.78 is 66.4. The van der Waals surface area contributed by atoms with E-state index in [1.807, 2.05) is 84.9 Å². The van der Waals surface area contributed by atoms with E-state index < -0.39 is 69.9 Å². The van der Waals surface area contributed by atoms with Gasteiger partial charge in [-0.2, -0.15) is 0 Å². The van der Waals surface area contributed by atoms with E-state index in [1.165, 1.54) is 86.6 Å². The van der Waals surface area contributed by atoms with Crippen LogP contribution in [0.25, 0.3) is 67.0 Å². The summed E-state index contributed by atoms with van der Waals surface area (Å²) in [6.07, 6.45) is 10.7. The summed E-state index contributed by atoms with van der Waals surface area (Å²) in [6.45, 7) is 7.04. The predicted molar refractivity (Wildman–Crippen MR) is 429 cm³/mol. The third-order valence-electron chi connectivity index (χ3n) is 21.9. The minimum absolute atomic E-state index is 0.00200. The Morgan fingerprint density at radius 2 is 0.965 bits per heavy atom. The molecule has 4 fully saturated rings. The Hall–Kier alpha value is -11.6. The lowest BCUT2D eigenvalue weighted by Crippen LogP contribution is -2.55. The van der Waals surface area contributed by atoms with Crippen LogP contribution in [0.3, 0.4) is 0 Å². The first-order chi connectivity index (χ1) is 55.2. The van der Waals surface area contributed by atoms with Gasteiger partial charge in [-0.05, 0) is 170 Å². The highest BCUT2D eigenvalue weighted by molar-refractivity contribution is 9.11. The number of carbonyl (C=O) groups is 3. The van der Waals surface area contributed by atoms with Crippen LogP contribution in [0, 0.1) is 23.3 Å². The Balaban J connectivity index is 0.000000174. The van der Waals surface area contributed by atoms with E-state index in [9.17, 15) is 56.2 Å². The molecule has 8 aromatic heterocycles. The minimum Gasteiger partial charge on any atom is -0.465 e. The molecular weight excluding hydrogens is 1600 g/mol. The molecule has 10 heterocycles. The van der Waals surface area contributed by atoms with E-state index in [2.05, 4.69) is 95.7 Å². The second kappa shape index (κ2) is 32.9. The summed E-state index contributed by atoms with van der Waals surface area (Å²) in [4.78, 5) is 118. The van der Waals surface area contributed by atoms with Crippen molar-refractivity contribution in [2.45, 2.75) is 101 Å². The first-order valence-electron chi connectivity index (χ1n) is 37.7. The summed E-state index contributed by atoms with van der Waals surface area (Å²) in [5.41, 5.74) is 6.56. The Bertz CT molecular complexity index is 6150. The Morgan fingerprint density at radius 3 is 1.43 bits per heavy atom. The van der Waals surface area contributed by atoms with Gasteiger partial charge in [-0.15, -0.1) is 0 Å². The molecule has 1 unspecified atom stereocenters. The molecule has 13 aromatic rings. The second-order valence-corrected chi connectivity index (χ2v) is 31.1. The van der Waals surface area contributed by atoms with Crippen molar-refractivity contribution >= 4 is 83.1 Å². The van der Waals surface area contributed by atoms with E-state index in [0.717, 1.165) is 99.6 Å². The van der Waals surface area contributed by atoms with E-state index >= 15 is 0 Å². The van der Waals surface area contributed by atoms with E-state index in [-0.39, 0.29) is 57.5 Å². The average Bonchev–Trinajstić information content (AvgIpc) is 1.25. The lowest BCUT2D eigenvalue weighted by Gasteiger charge is -2.40. The summed E-state index contributed by atoms with van der Waals surface area (Å²) in [5.74, 6) is -3.08. The van der Waals surface area contributed by atoms with Crippen LogP contribution in [0.1, 0.15) is 101 Å². The third kappa shape index (κ3) is 16.2. The van der Waals surface area contributed by atoms with Gasteiger partial charge in [-0.3, -0.25) is 38.1 Å². The Labute approximate surface area is 665 Å². The van der Waals surface area contributed by atoms with Crippen LogP contribution in [0.4, 0.5) is 22.4 Å². The topological polar surface area (TPSA) is 266 Å². The van der Waals surface area contributed by atoms with Gasteiger partial charge < -0.3 is 34.8 Å². The van der Waals surface area contributed by atoms with Crippen molar-refractivity contribution in [1.29, 1.82) is 0 Å². The number of aromatic nitrogens is 10. The molecule has 3 amide bonds. The zero-order chi connectivity index (χ0) is 79.0. The molecule has 4 N–H and O–H groups in total. The number of pyridine rings is 4. The molecule has 2 saturated carbocycles. The van der Waals surface area contributed by atoms with Gasteiger partial charge in [0.1, 0.15) is 46.0 Å². The lowest BCUT2D eigenvalue weighted by molar-refractivity contribution is 0.0644. The van der Waals surface area contributed by atoms with Crippen LogP contribution in [-0.4, -0.2) is 149 Å². The molecule has 30 heteroatoms. The number of piperazine rings is 2. The first kappa shape index (κ1) is 76.4. The molecule has 4 aliphatic rings. The molecule has 0 radical (unpaired) electrons. The van der Waals surface area contributed by atoms with Crippen molar-refractivity contribution in [2.75, 3.05) is 45.8 Å². The second-order valence-electron chi connectivity index (χ2n) is 29.4. The minimum atomic E-state index is -0.913. The predicted octanol–water partition coefficient (Wildman–Crippen LogP) is 12.4.